The van der Waals surface area contributed by atoms with Gasteiger partial charge in [0.15, 0.2) is 0 Å². The molecule has 2 saturated carbocycles. The number of halogens is 2. The Hall–Kier alpha value is -0.440. The van der Waals surface area contributed by atoms with E-state index in [0.717, 1.165) is 50.9 Å². The molecule has 3 fully saturated rings. The molecule has 0 N–H and O–H groups in total. The lowest BCUT2D eigenvalue weighted by atomic mass is 9.65. The summed E-state index contributed by atoms with van der Waals surface area (Å²) in [5, 5.41) is 0. The van der Waals surface area contributed by atoms with E-state index in [1.54, 1.807) is 0 Å². The third kappa shape index (κ3) is 6.28. The highest BCUT2D eigenvalue weighted by Gasteiger charge is 2.62. The Kier molecular flexibility index (Phi) is 9.02. The van der Waals surface area contributed by atoms with Gasteiger partial charge in [-0.15, -0.1) is 6.58 Å². The van der Waals surface area contributed by atoms with Crippen LogP contribution in [0.3, 0.4) is 0 Å². The standard InChI is InChI=1S/C26H44F2O/c1-3-5-7-8-9-11-21-14-18-23(19-15-21)25-24(26(27,28)29-25)22-16-12-20(13-17-22)10-6-4-2/h4,20-25H,2-3,5-19H2,1H3/t20-,21?,22-,23?,24-,25-/m0/s1. The predicted octanol–water partition coefficient (Wildman–Crippen LogP) is 8.53. The Morgan fingerprint density at radius 3 is 2.00 bits per heavy atom. The zero-order valence-corrected chi connectivity index (χ0v) is 18.7. The minimum Gasteiger partial charge on any atom is -0.316 e. The lowest BCUT2D eigenvalue weighted by Crippen LogP contribution is -2.61. The summed E-state index contributed by atoms with van der Waals surface area (Å²) in [5.74, 6) is 1.56. The van der Waals surface area contributed by atoms with Gasteiger partial charge < -0.3 is 4.74 Å². The van der Waals surface area contributed by atoms with Crippen LogP contribution >= 0.6 is 0 Å². The van der Waals surface area contributed by atoms with E-state index in [1.807, 2.05) is 6.08 Å². The summed E-state index contributed by atoms with van der Waals surface area (Å²) in [6, 6.07) is 0. The molecule has 0 spiro atoms. The molecule has 0 unspecified atom stereocenters. The van der Waals surface area contributed by atoms with Crippen LogP contribution in [-0.2, 0) is 4.74 Å². The normalized spacial score (nSPS) is 37.1. The topological polar surface area (TPSA) is 9.23 Å². The molecule has 1 aliphatic heterocycles. The average molecular weight is 411 g/mol. The van der Waals surface area contributed by atoms with Gasteiger partial charge in [0, 0.05) is 0 Å². The number of alkyl halides is 2. The van der Waals surface area contributed by atoms with Crippen molar-refractivity contribution in [1.82, 2.24) is 0 Å². The molecule has 3 rings (SSSR count). The first-order chi connectivity index (χ1) is 14.0. The van der Waals surface area contributed by atoms with Crippen LogP contribution in [0, 0.1) is 29.6 Å². The monoisotopic (exact) mass is 410 g/mol. The lowest BCUT2D eigenvalue weighted by Gasteiger charge is -2.53. The minimum atomic E-state index is -2.88. The first-order valence-electron chi connectivity index (χ1n) is 12.7. The summed E-state index contributed by atoms with van der Waals surface area (Å²) in [6.07, 6.45) is 18.1. The molecule has 0 amide bonds. The van der Waals surface area contributed by atoms with Crippen molar-refractivity contribution in [3.8, 4) is 0 Å². The summed E-state index contributed by atoms with van der Waals surface area (Å²) in [7, 11) is 0. The van der Waals surface area contributed by atoms with Crippen LogP contribution in [0.1, 0.15) is 110 Å². The second-order valence-corrected chi connectivity index (χ2v) is 10.3. The molecule has 0 aromatic carbocycles. The number of hydrogen-bond acceptors (Lipinski definition) is 1. The van der Waals surface area contributed by atoms with E-state index in [9.17, 15) is 8.78 Å². The Labute approximate surface area is 178 Å². The summed E-state index contributed by atoms with van der Waals surface area (Å²) in [5.41, 5.74) is 0. The minimum absolute atomic E-state index is 0.167. The van der Waals surface area contributed by atoms with Gasteiger partial charge in [-0.2, -0.15) is 8.78 Å². The fourth-order valence-electron chi connectivity index (χ4n) is 6.42. The molecule has 0 aromatic rings. The van der Waals surface area contributed by atoms with Crippen molar-refractivity contribution >= 4 is 0 Å². The Bertz CT molecular complexity index is 475. The smallest absolute Gasteiger partial charge is 0.316 e. The number of unbranched alkanes of at least 4 members (excludes halogenated alkanes) is 4. The van der Waals surface area contributed by atoms with Gasteiger partial charge in [-0.05, 0) is 62.2 Å². The Morgan fingerprint density at radius 1 is 0.828 bits per heavy atom. The Balaban J connectivity index is 1.41. The molecule has 2 aliphatic carbocycles. The van der Waals surface area contributed by atoms with Gasteiger partial charge in [-0.1, -0.05) is 77.2 Å². The average Bonchev–Trinajstić information content (AvgIpc) is 2.72. The van der Waals surface area contributed by atoms with E-state index in [-0.39, 0.29) is 12.0 Å². The van der Waals surface area contributed by atoms with Gasteiger partial charge >= 0.3 is 6.11 Å². The van der Waals surface area contributed by atoms with Crippen LogP contribution < -0.4 is 0 Å². The quantitative estimate of drug-likeness (QED) is 0.245. The van der Waals surface area contributed by atoms with E-state index in [0.29, 0.717) is 11.8 Å². The van der Waals surface area contributed by atoms with Crippen LogP contribution in [0.15, 0.2) is 12.7 Å². The maximum absolute atomic E-state index is 14.4. The van der Waals surface area contributed by atoms with Gasteiger partial charge in [0.2, 0.25) is 0 Å². The van der Waals surface area contributed by atoms with Crippen LogP contribution in [0.5, 0.6) is 0 Å². The fraction of sp³-hybridized carbons (Fsp3) is 0.923. The van der Waals surface area contributed by atoms with E-state index < -0.39 is 12.0 Å². The van der Waals surface area contributed by atoms with Crippen molar-refractivity contribution in [2.45, 2.75) is 122 Å². The molecule has 1 heterocycles. The number of rotatable bonds is 11. The first-order valence-corrected chi connectivity index (χ1v) is 12.7. The molecule has 0 radical (unpaired) electrons. The van der Waals surface area contributed by atoms with Crippen LogP contribution in [0.4, 0.5) is 8.78 Å². The molecule has 0 bridgehead atoms. The van der Waals surface area contributed by atoms with Gasteiger partial charge in [-0.3, -0.25) is 0 Å². The molecule has 3 heteroatoms. The maximum atomic E-state index is 14.4. The summed E-state index contributed by atoms with van der Waals surface area (Å²) in [4.78, 5) is 0. The summed E-state index contributed by atoms with van der Waals surface area (Å²) in [6.45, 7) is 6.07. The molecular formula is C26H44F2O. The highest BCUT2D eigenvalue weighted by molar-refractivity contribution is 4.98. The third-order valence-electron chi connectivity index (χ3n) is 8.29. The molecule has 3 aliphatic rings. The van der Waals surface area contributed by atoms with E-state index >= 15 is 0 Å². The highest BCUT2D eigenvalue weighted by atomic mass is 19.3. The molecule has 29 heavy (non-hydrogen) atoms. The first kappa shape index (κ1) is 23.2. The van der Waals surface area contributed by atoms with Crippen molar-refractivity contribution in [1.29, 1.82) is 0 Å². The molecule has 1 nitrogen and oxygen atoms in total. The summed E-state index contributed by atoms with van der Waals surface area (Å²) >= 11 is 0. The highest BCUT2D eigenvalue weighted by Crippen LogP contribution is 2.55. The van der Waals surface area contributed by atoms with Crippen LogP contribution in [0.2, 0.25) is 0 Å². The summed E-state index contributed by atoms with van der Waals surface area (Å²) < 4.78 is 34.0. The maximum Gasteiger partial charge on any atom is 0.361 e. The molecule has 2 atom stereocenters. The van der Waals surface area contributed by atoms with Gasteiger partial charge in [0.25, 0.3) is 0 Å². The fourth-order valence-corrected chi connectivity index (χ4v) is 6.42. The van der Waals surface area contributed by atoms with Gasteiger partial charge in [0.05, 0.1) is 12.0 Å². The van der Waals surface area contributed by atoms with Gasteiger partial charge in [0.1, 0.15) is 0 Å². The third-order valence-corrected chi connectivity index (χ3v) is 8.29. The van der Waals surface area contributed by atoms with Gasteiger partial charge in [-0.25, -0.2) is 0 Å². The van der Waals surface area contributed by atoms with E-state index in [1.165, 1.54) is 57.8 Å². The second kappa shape index (κ2) is 11.3. The van der Waals surface area contributed by atoms with Crippen molar-refractivity contribution in [3.05, 3.63) is 12.7 Å². The predicted molar refractivity (Wildman–Crippen MR) is 117 cm³/mol. The van der Waals surface area contributed by atoms with Crippen LogP contribution in [-0.4, -0.2) is 12.2 Å². The van der Waals surface area contributed by atoms with Crippen molar-refractivity contribution in [2.75, 3.05) is 0 Å². The van der Waals surface area contributed by atoms with E-state index in [2.05, 4.69) is 13.5 Å². The Morgan fingerprint density at radius 2 is 1.41 bits per heavy atom. The van der Waals surface area contributed by atoms with Crippen molar-refractivity contribution in [3.63, 3.8) is 0 Å². The lowest BCUT2D eigenvalue weighted by molar-refractivity contribution is -0.418. The molecule has 0 aromatic heterocycles. The molecular weight excluding hydrogens is 366 g/mol. The van der Waals surface area contributed by atoms with E-state index in [4.69, 9.17) is 4.74 Å². The zero-order chi connectivity index (χ0) is 20.7. The SMILES string of the molecule is C=CCC[C@H]1CC[C@H]([C@H]2[C@H](C3CCC(CCCCCCC)CC3)OC2(F)F)CC1. The van der Waals surface area contributed by atoms with Crippen molar-refractivity contribution < 1.29 is 13.5 Å². The largest absolute Gasteiger partial charge is 0.361 e. The number of ether oxygens (including phenoxy) is 1. The van der Waals surface area contributed by atoms with Crippen molar-refractivity contribution in [2.24, 2.45) is 29.6 Å². The molecule has 1 saturated heterocycles. The molecule has 168 valence electrons. The second-order valence-electron chi connectivity index (χ2n) is 10.3. The zero-order valence-electron chi connectivity index (χ0n) is 18.7. The number of hydrogen-bond donors (Lipinski definition) is 0. The van der Waals surface area contributed by atoms with Crippen LogP contribution in [0.25, 0.3) is 0 Å². The number of allylic oxidation sites excluding steroid dienone is 1.